The largest absolute Gasteiger partial charge is 0.482 e. The number of carbonyl (C=O) groups excluding carboxylic acids is 1. The molecule has 0 aromatic rings. The molecule has 2 aliphatic carbocycles. The SMILES string of the molecule is CCCC(=[OH+])OC1CCC(COC2CC=C(CC)CC2)CC1. The fourth-order valence-electron chi connectivity index (χ4n) is 3.49. The van der Waals surface area contributed by atoms with Crippen LogP contribution in [0.15, 0.2) is 11.6 Å². The zero-order valence-electron chi connectivity index (χ0n) is 14.4. The molecule has 126 valence electrons. The van der Waals surface area contributed by atoms with Gasteiger partial charge in [-0.3, -0.25) is 0 Å². The molecule has 0 aliphatic heterocycles. The molecule has 0 spiro atoms. The summed E-state index contributed by atoms with van der Waals surface area (Å²) in [4.78, 5) is 9.65. The molecule has 0 aromatic heterocycles. The van der Waals surface area contributed by atoms with Crippen LogP contribution in [0.1, 0.15) is 78.1 Å². The third kappa shape index (κ3) is 5.75. The summed E-state index contributed by atoms with van der Waals surface area (Å²) in [6, 6.07) is 0. The molecule has 1 atom stereocenters. The Bertz CT molecular complexity index is 367. The quantitative estimate of drug-likeness (QED) is 0.386. The Labute approximate surface area is 135 Å². The normalized spacial score (nSPS) is 29.0. The van der Waals surface area contributed by atoms with Crippen molar-refractivity contribution in [2.75, 3.05) is 6.61 Å². The van der Waals surface area contributed by atoms with E-state index in [1.165, 1.54) is 19.3 Å². The molecule has 2 rings (SSSR count). The fourth-order valence-corrected chi connectivity index (χ4v) is 3.49. The molecular weight excluding hydrogens is 276 g/mol. The van der Waals surface area contributed by atoms with E-state index >= 15 is 0 Å². The van der Waals surface area contributed by atoms with Crippen LogP contribution in [0.25, 0.3) is 0 Å². The average Bonchev–Trinajstić information content (AvgIpc) is 2.55. The number of esters is 1. The Hall–Kier alpha value is -0.830. The first-order valence-electron chi connectivity index (χ1n) is 9.22. The van der Waals surface area contributed by atoms with E-state index in [9.17, 15) is 4.79 Å². The van der Waals surface area contributed by atoms with Gasteiger partial charge in [0.1, 0.15) is 6.42 Å². The molecule has 2 aliphatic rings. The number of hydrogen-bond acceptors (Lipinski definition) is 2. The second-order valence-electron chi connectivity index (χ2n) is 6.85. The summed E-state index contributed by atoms with van der Waals surface area (Å²) in [6.07, 6.45) is 13.7. The Morgan fingerprint density at radius 3 is 2.50 bits per heavy atom. The Morgan fingerprint density at radius 2 is 1.91 bits per heavy atom. The van der Waals surface area contributed by atoms with Gasteiger partial charge in [0, 0.05) is 19.4 Å². The summed E-state index contributed by atoms with van der Waals surface area (Å²) in [5.74, 6) is 0.896. The molecular formula is C19H33O3+. The molecule has 0 bridgehead atoms. The van der Waals surface area contributed by atoms with Crippen molar-refractivity contribution >= 4 is 5.97 Å². The highest BCUT2D eigenvalue weighted by molar-refractivity contribution is 5.70. The number of hydrogen-bond donors (Lipinski definition) is 0. The predicted octanol–water partition coefficient (Wildman–Crippen LogP) is 4.77. The van der Waals surface area contributed by atoms with Crippen LogP contribution in [0.5, 0.6) is 0 Å². The molecule has 0 saturated heterocycles. The minimum absolute atomic E-state index is 0.215. The van der Waals surface area contributed by atoms with E-state index in [2.05, 4.69) is 19.9 Å². The minimum atomic E-state index is 0.215. The lowest BCUT2D eigenvalue weighted by atomic mass is 9.87. The van der Waals surface area contributed by atoms with Gasteiger partial charge in [-0.1, -0.05) is 25.5 Å². The van der Waals surface area contributed by atoms with Crippen LogP contribution in [0.2, 0.25) is 0 Å². The monoisotopic (exact) mass is 309 g/mol. The molecule has 22 heavy (non-hydrogen) atoms. The van der Waals surface area contributed by atoms with E-state index in [0.29, 0.717) is 18.4 Å². The first kappa shape index (κ1) is 17.5. The Kier molecular flexibility index (Phi) is 7.44. The van der Waals surface area contributed by atoms with E-state index in [1.54, 1.807) is 5.57 Å². The van der Waals surface area contributed by atoms with Gasteiger partial charge in [-0.15, -0.1) is 0 Å². The van der Waals surface area contributed by atoms with Crippen molar-refractivity contribution in [2.45, 2.75) is 90.3 Å². The van der Waals surface area contributed by atoms with Gasteiger partial charge in [0.25, 0.3) is 0 Å². The van der Waals surface area contributed by atoms with Crippen LogP contribution >= 0.6 is 0 Å². The lowest BCUT2D eigenvalue weighted by molar-refractivity contribution is 0.00337. The van der Waals surface area contributed by atoms with E-state index in [0.717, 1.165) is 45.1 Å². The van der Waals surface area contributed by atoms with Gasteiger partial charge in [-0.25, -0.2) is 0 Å². The third-order valence-corrected chi connectivity index (χ3v) is 5.04. The number of allylic oxidation sites excluding steroid dienone is 1. The Morgan fingerprint density at radius 1 is 1.14 bits per heavy atom. The molecule has 1 N–H and O–H groups in total. The zero-order valence-corrected chi connectivity index (χ0v) is 14.4. The molecule has 1 fully saturated rings. The summed E-state index contributed by atoms with van der Waals surface area (Å²) in [6.45, 7) is 5.19. The van der Waals surface area contributed by atoms with Crippen LogP contribution in [0.3, 0.4) is 0 Å². The average molecular weight is 309 g/mol. The lowest BCUT2D eigenvalue weighted by Crippen LogP contribution is -2.28. The fraction of sp³-hybridized carbons (Fsp3) is 0.842. The van der Waals surface area contributed by atoms with Crippen LogP contribution in [0, 0.1) is 5.92 Å². The molecule has 3 nitrogen and oxygen atoms in total. The summed E-state index contributed by atoms with van der Waals surface area (Å²) in [7, 11) is 0. The Balaban J connectivity index is 1.60. The molecule has 0 radical (unpaired) electrons. The summed E-state index contributed by atoms with van der Waals surface area (Å²) in [5, 5.41) is 0. The number of rotatable bonds is 7. The second-order valence-corrected chi connectivity index (χ2v) is 6.85. The van der Waals surface area contributed by atoms with E-state index < -0.39 is 0 Å². The van der Waals surface area contributed by atoms with Gasteiger partial charge < -0.3 is 14.3 Å². The maximum atomic E-state index is 9.65. The van der Waals surface area contributed by atoms with Gasteiger partial charge in [-0.2, -0.15) is 0 Å². The van der Waals surface area contributed by atoms with E-state index in [-0.39, 0.29) is 12.1 Å². The van der Waals surface area contributed by atoms with E-state index in [4.69, 9.17) is 9.47 Å². The van der Waals surface area contributed by atoms with Crippen molar-refractivity contribution < 1.29 is 14.3 Å². The molecule has 3 heteroatoms. The lowest BCUT2D eigenvalue weighted by Gasteiger charge is -2.28. The van der Waals surface area contributed by atoms with Crippen molar-refractivity contribution in [1.82, 2.24) is 0 Å². The number of ether oxygens (including phenoxy) is 2. The highest BCUT2D eigenvalue weighted by Crippen LogP contribution is 2.29. The highest BCUT2D eigenvalue weighted by Gasteiger charge is 2.29. The summed E-state index contributed by atoms with van der Waals surface area (Å²) < 4.78 is 11.8. The summed E-state index contributed by atoms with van der Waals surface area (Å²) in [5.41, 5.74) is 1.60. The standard InChI is InChI=1S/C19H32O3/c1-3-5-19(20)22-18-12-8-16(9-13-18)14-21-17-10-6-15(4-2)7-11-17/h6,16-18H,3-5,7-14H2,1-2H3/p+1. The van der Waals surface area contributed by atoms with Gasteiger partial charge in [-0.05, 0) is 50.9 Å². The predicted molar refractivity (Wildman–Crippen MR) is 90.6 cm³/mol. The van der Waals surface area contributed by atoms with Gasteiger partial charge in [0.15, 0.2) is 6.10 Å². The first-order chi connectivity index (χ1) is 10.7. The van der Waals surface area contributed by atoms with Crippen LogP contribution in [-0.4, -0.2) is 29.6 Å². The van der Waals surface area contributed by atoms with Gasteiger partial charge in [0.05, 0.1) is 6.10 Å². The van der Waals surface area contributed by atoms with Crippen molar-refractivity contribution in [2.24, 2.45) is 5.92 Å². The first-order valence-corrected chi connectivity index (χ1v) is 9.22. The van der Waals surface area contributed by atoms with Gasteiger partial charge >= 0.3 is 5.97 Å². The van der Waals surface area contributed by atoms with Crippen molar-refractivity contribution in [1.29, 1.82) is 0 Å². The maximum Gasteiger partial charge on any atom is 0.482 e. The van der Waals surface area contributed by atoms with E-state index in [1.807, 2.05) is 0 Å². The van der Waals surface area contributed by atoms with Crippen molar-refractivity contribution in [3.63, 3.8) is 0 Å². The highest BCUT2D eigenvalue weighted by atomic mass is 16.5. The molecule has 0 amide bonds. The van der Waals surface area contributed by atoms with Crippen LogP contribution < -0.4 is 0 Å². The zero-order chi connectivity index (χ0) is 15.8. The molecule has 0 heterocycles. The molecule has 1 saturated carbocycles. The van der Waals surface area contributed by atoms with Crippen molar-refractivity contribution in [3.8, 4) is 0 Å². The van der Waals surface area contributed by atoms with Crippen molar-refractivity contribution in [3.05, 3.63) is 11.6 Å². The van der Waals surface area contributed by atoms with Crippen LogP contribution in [0.4, 0.5) is 0 Å². The molecule has 0 aromatic carbocycles. The van der Waals surface area contributed by atoms with Crippen LogP contribution in [-0.2, 0) is 9.47 Å². The topological polar surface area (TPSA) is 39.9 Å². The smallest absolute Gasteiger partial charge is 0.378 e. The van der Waals surface area contributed by atoms with Gasteiger partial charge in [0.2, 0.25) is 0 Å². The minimum Gasteiger partial charge on any atom is -0.378 e. The third-order valence-electron chi connectivity index (χ3n) is 5.04. The second kappa shape index (κ2) is 9.34. The summed E-state index contributed by atoms with van der Waals surface area (Å²) >= 11 is 0. The maximum absolute atomic E-state index is 9.65. The molecule has 1 unspecified atom stereocenters.